The number of unbranched alkanes of at least 4 members (excludes halogenated alkanes) is 1. The Morgan fingerprint density at radius 3 is 2.63 bits per heavy atom. The maximum Gasteiger partial charge on any atom is 0.327 e. The van der Waals surface area contributed by atoms with E-state index >= 15 is 0 Å². The molecular formula is C14H19NO3S. The third kappa shape index (κ3) is 4.59. The molecule has 2 N–H and O–H groups in total. The smallest absolute Gasteiger partial charge is 0.327 e. The van der Waals surface area contributed by atoms with Crippen LogP contribution in [0.5, 0.6) is 0 Å². The van der Waals surface area contributed by atoms with Gasteiger partial charge in [0.2, 0.25) is 0 Å². The lowest BCUT2D eigenvalue weighted by Gasteiger charge is -2.14. The van der Waals surface area contributed by atoms with Crippen LogP contribution in [0, 0.1) is 0 Å². The predicted octanol–water partition coefficient (Wildman–Crippen LogP) is 2.14. The van der Waals surface area contributed by atoms with Crippen LogP contribution in [0.1, 0.15) is 35.7 Å². The van der Waals surface area contributed by atoms with E-state index in [4.69, 9.17) is 5.11 Å². The first-order valence-corrected chi connectivity index (χ1v) is 6.95. The van der Waals surface area contributed by atoms with E-state index in [1.54, 1.807) is 12.1 Å². The summed E-state index contributed by atoms with van der Waals surface area (Å²) in [5, 5.41) is 11.4. The van der Waals surface area contributed by atoms with E-state index in [-0.39, 0.29) is 11.7 Å². The van der Waals surface area contributed by atoms with Gasteiger partial charge in [-0.2, -0.15) is 12.6 Å². The summed E-state index contributed by atoms with van der Waals surface area (Å²) < 4.78 is 0. The van der Waals surface area contributed by atoms with E-state index in [1.807, 2.05) is 12.1 Å². The Morgan fingerprint density at radius 2 is 2.05 bits per heavy atom. The van der Waals surface area contributed by atoms with Crippen molar-refractivity contribution in [3.05, 3.63) is 35.4 Å². The van der Waals surface area contributed by atoms with Crippen LogP contribution in [0.15, 0.2) is 24.3 Å². The molecule has 0 aliphatic carbocycles. The molecule has 4 nitrogen and oxygen atoms in total. The van der Waals surface area contributed by atoms with Gasteiger partial charge in [0, 0.05) is 11.3 Å². The number of thiol groups is 1. The van der Waals surface area contributed by atoms with Crippen LogP contribution in [0.25, 0.3) is 0 Å². The fourth-order valence-corrected chi connectivity index (χ4v) is 2.00. The lowest BCUT2D eigenvalue weighted by Crippen LogP contribution is -2.42. The molecule has 0 fully saturated rings. The zero-order valence-corrected chi connectivity index (χ0v) is 11.8. The highest BCUT2D eigenvalue weighted by Crippen LogP contribution is 2.12. The van der Waals surface area contributed by atoms with Gasteiger partial charge in [-0.25, -0.2) is 4.79 Å². The molecular weight excluding hydrogens is 262 g/mol. The van der Waals surface area contributed by atoms with E-state index in [1.165, 1.54) is 0 Å². The third-order valence-corrected chi connectivity index (χ3v) is 3.21. The molecule has 1 atom stereocenters. The third-order valence-electron chi connectivity index (χ3n) is 2.85. The summed E-state index contributed by atoms with van der Waals surface area (Å²) in [7, 11) is 0. The van der Waals surface area contributed by atoms with Crippen molar-refractivity contribution in [3.63, 3.8) is 0 Å². The van der Waals surface area contributed by atoms with Crippen molar-refractivity contribution in [1.82, 2.24) is 5.32 Å². The average molecular weight is 281 g/mol. The monoisotopic (exact) mass is 281 g/mol. The van der Waals surface area contributed by atoms with Gasteiger partial charge in [0.15, 0.2) is 0 Å². The second-order valence-electron chi connectivity index (χ2n) is 4.31. The Labute approximate surface area is 118 Å². The van der Waals surface area contributed by atoms with Crippen molar-refractivity contribution in [3.8, 4) is 0 Å². The number of hydrogen-bond donors (Lipinski definition) is 3. The Balaban J connectivity index is 2.83. The van der Waals surface area contributed by atoms with E-state index < -0.39 is 12.0 Å². The number of nitrogens with one attached hydrogen (secondary N) is 1. The quantitative estimate of drug-likeness (QED) is 0.671. The summed E-state index contributed by atoms with van der Waals surface area (Å²) in [6.45, 7) is 2.09. The lowest BCUT2D eigenvalue weighted by molar-refractivity contribution is -0.138. The van der Waals surface area contributed by atoms with Crippen LogP contribution >= 0.6 is 12.6 Å². The summed E-state index contributed by atoms with van der Waals surface area (Å²) in [6.07, 6.45) is 2.86. The number of rotatable bonds is 7. The molecule has 0 saturated heterocycles. The van der Waals surface area contributed by atoms with Crippen LogP contribution in [0.4, 0.5) is 0 Å². The van der Waals surface area contributed by atoms with Gasteiger partial charge in [0.05, 0.1) is 0 Å². The highest BCUT2D eigenvalue weighted by atomic mass is 32.1. The molecule has 0 saturated carbocycles. The Morgan fingerprint density at radius 1 is 1.37 bits per heavy atom. The fraction of sp³-hybridized carbons (Fsp3) is 0.429. The van der Waals surface area contributed by atoms with Gasteiger partial charge in [-0.15, -0.1) is 0 Å². The fourth-order valence-electron chi connectivity index (χ4n) is 1.75. The topological polar surface area (TPSA) is 66.4 Å². The molecule has 1 amide bonds. The minimum absolute atomic E-state index is 0.0677. The van der Waals surface area contributed by atoms with Crippen LogP contribution < -0.4 is 5.32 Å². The molecule has 104 valence electrons. The van der Waals surface area contributed by atoms with Crippen LogP contribution in [-0.2, 0) is 11.2 Å². The van der Waals surface area contributed by atoms with E-state index in [0.29, 0.717) is 5.56 Å². The van der Waals surface area contributed by atoms with Crippen LogP contribution in [-0.4, -0.2) is 28.8 Å². The van der Waals surface area contributed by atoms with Crippen molar-refractivity contribution in [2.45, 2.75) is 32.2 Å². The number of carboxylic acids is 1. The SMILES string of the molecule is CCCCc1ccccc1C(=O)N[C@@H](CS)C(=O)O. The molecule has 0 radical (unpaired) electrons. The molecule has 1 aromatic carbocycles. The summed E-state index contributed by atoms with van der Waals surface area (Å²) in [6, 6.07) is 6.32. The highest BCUT2D eigenvalue weighted by molar-refractivity contribution is 7.80. The molecule has 0 spiro atoms. The Hall–Kier alpha value is -1.49. The maximum atomic E-state index is 12.1. The van der Waals surface area contributed by atoms with Gasteiger partial charge in [-0.05, 0) is 24.5 Å². The standard InChI is InChI=1S/C14H19NO3S/c1-2-3-6-10-7-4-5-8-11(10)13(16)15-12(9-19)14(17)18/h4-5,7-8,12,19H,2-3,6,9H2,1H3,(H,15,16)(H,17,18)/t12-/m0/s1. The van der Waals surface area contributed by atoms with E-state index in [0.717, 1.165) is 24.8 Å². The number of aryl methyl sites for hydroxylation is 1. The van der Waals surface area contributed by atoms with Crippen LogP contribution in [0.3, 0.4) is 0 Å². The summed E-state index contributed by atoms with van der Waals surface area (Å²) >= 11 is 3.93. The predicted molar refractivity (Wildman–Crippen MR) is 77.8 cm³/mol. The summed E-state index contributed by atoms with van der Waals surface area (Å²) in [4.78, 5) is 23.0. The van der Waals surface area contributed by atoms with E-state index in [9.17, 15) is 9.59 Å². The number of hydrogen-bond acceptors (Lipinski definition) is 3. The zero-order chi connectivity index (χ0) is 14.3. The molecule has 19 heavy (non-hydrogen) atoms. The Bertz CT molecular complexity index is 448. The number of carbonyl (C=O) groups excluding carboxylic acids is 1. The first-order valence-electron chi connectivity index (χ1n) is 6.32. The van der Waals surface area contributed by atoms with Crippen molar-refractivity contribution in [1.29, 1.82) is 0 Å². The van der Waals surface area contributed by atoms with Gasteiger partial charge < -0.3 is 10.4 Å². The minimum atomic E-state index is -1.07. The zero-order valence-electron chi connectivity index (χ0n) is 10.9. The molecule has 0 unspecified atom stereocenters. The van der Waals surface area contributed by atoms with Crippen molar-refractivity contribution >= 4 is 24.5 Å². The molecule has 1 aromatic rings. The van der Waals surface area contributed by atoms with Gasteiger partial charge >= 0.3 is 5.97 Å². The summed E-state index contributed by atoms with van der Waals surface area (Å²) in [5.41, 5.74) is 1.49. The molecule has 1 rings (SSSR count). The number of amides is 1. The van der Waals surface area contributed by atoms with E-state index in [2.05, 4.69) is 24.9 Å². The van der Waals surface area contributed by atoms with Gasteiger partial charge in [-0.1, -0.05) is 31.5 Å². The van der Waals surface area contributed by atoms with Gasteiger partial charge in [0.1, 0.15) is 6.04 Å². The first-order chi connectivity index (χ1) is 9.10. The van der Waals surface area contributed by atoms with Crippen molar-refractivity contribution < 1.29 is 14.7 Å². The number of aliphatic carboxylic acids is 1. The second kappa shape index (κ2) is 7.84. The summed E-state index contributed by atoms with van der Waals surface area (Å²) in [5.74, 6) is -1.36. The lowest BCUT2D eigenvalue weighted by atomic mass is 10.0. The van der Waals surface area contributed by atoms with Crippen molar-refractivity contribution in [2.24, 2.45) is 0 Å². The molecule has 0 heterocycles. The normalized spacial score (nSPS) is 11.9. The number of carboxylic acid groups (broad SMARTS) is 1. The van der Waals surface area contributed by atoms with Gasteiger partial charge in [0.25, 0.3) is 5.91 Å². The largest absolute Gasteiger partial charge is 0.480 e. The number of carbonyl (C=O) groups is 2. The molecule has 0 aliphatic heterocycles. The minimum Gasteiger partial charge on any atom is -0.480 e. The molecule has 5 heteroatoms. The van der Waals surface area contributed by atoms with Crippen LogP contribution in [0.2, 0.25) is 0 Å². The molecule has 0 bridgehead atoms. The van der Waals surface area contributed by atoms with Crippen molar-refractivity contribution in [2.75, 3.05) is 5.75 Å². The second-order valence-corrected chi connectivity index (χ2v) is 4.67. The van der Waals surface area contributed by atoms with Gasteiger partial charge in [-0.3, -0.25) is 4.79 Å². The highest BCUT2D eigenvalue weighted by Gasteiger charge is 2.20. The number of benzene rings is 1. The maximum absolute atomic E-state index is 12.1. The Kier molecular flexibility index (Phi) is 6.42. The first kappa shape index (κ1) is 15.6. The molecule has 0 aliphatic rings. The average Bonchev–Trinajstić information content (AvgIpc) is 2.42. The molecule has 0 aromatic heterocycles.